The molecule has 5 aliphatic rings. The normalized spacial score (nSPS) is 63.8. The second kappa shape index (κ2) is 2.96. The molecule has 0 aromatic heterocycles. The Bertz CT molecular complexity index is 431. The Morgan fingerprint density at radius 1 is 1.17 bits per heavy atom. The summed E-state index contributed by atoms with van der Waals surface area (Å²) in [5.74, 6) is 6.54. The fraction of sp³-hybridized carbons (Fsp3) is 0.938. The monoisotopic (exact) mass is 246 g/mol. The Morgan fingerprint density at radius 3 is 2.83 bits per heavy atom. The first kappa shape index (κ1) is 10.3. The van der Waals surface area contributed by atoms with E-state index in [9.17, 15) is 4.79 Å². The minimum Gasteiger partial charge on any atom is -0.465 e. The van der Waals surface area contributed by atoms with E-state index in [4.69, 9.17) is 4.74 Å². The van der Waals surface area contributed by atoms with E-state index in [-0.39, 0.29) is 11.4 Å². The summed E-state index contributed by atoms with van der Waals surface area (Å²) in [6.07, 6.45) is 6.48. The number of carbonyl (C=O) groups excluding carboxylic acids is 1. The first-order chi connectivity index (χ1) is 8.71. The molecule has 0 aromatic carbocycles. The SMILES string of the molecule is CC1CC2C[C@H]1C1C3CC(C21)C1(CCOC1=O)C3. The molecule has 5 rings (SSSR count). The minimum atomic E-state index is -0.0143. The van der Waals surface area contributed by atoms with Crippen molar-refractivity contribution in [2.24, 2.45) is 46.8 Å². The topological polar surface area (TPSA) is 26.3 Å². The van der Waals surface area contributed by atoms with Crippen molar-refractivity contribution in [2.45, 2.75) is 39.0 Å². The molecule has 7 unspecified atom stereocenters. The lowest BCUT2D eigenvalue weighted by atomic mass is 9.59. The van der Waals surface area contributed by atoms with Crippen LogP contribution in [0, 0.1) is 46.8 Å². The highest BCUT2D eigenvalue weighted by molar-refractivity contribution is 5.80. The smallest absolute Gasteiger partial charge is 0.312 e. The Balaban J connectivity index is 1.55. The summed E-state index contributed by atoms with van der Waals surface area (Å²) in [6.45, 7) is 3.16. The van der Waals surface area contributed by atoms with E-state index in [0.717, 1.165) is 41.9 Å². The highest BCUT2D eigenvalue weighted by atomic mass is 16.5. The molecule has 1 saturated heterocycles. The molecule has 1 heterocycles. The maximum absolute atomic E-state index is 12.2. The molecule has 8 atom stereocenters. The molecule has 4 saturated carbocycles. The molecule has 98 valence electrons. The van der Waals surface area contributed by atoms with Crippen LogP contribution in [0.4, 0.5) is 0 Å². The van der Waals surface area contributed by atoms with Crippen LogP contribution in [0.5, 0.6) is 0 Å². The van der Waals surface area contributed by atoms with E-state index in [2.05, 4.69) is 6.92 Å². The van der Waals surface area contributed by atoms with Crippen molar-refractivity contribution in [1.82, 2.24) is 0 Å². The van der Waals surface area contributed by atoms with Gasteiger partial charge in [-0.1, -0.05) is 6.92 Å². The zero-order chi connectivity index (χ0) is 12.1. The standard InChI is InChI=1S/C16H22O2/c1-8-4-9-5-11(8)13-10-6-12(14(9)13)16(7-10)2-3-18-15(16)17/h8-14H,2-7H2,1H3/t8?,9?,10?,11-,12?,13?,14?,16?/m1/s1. The predicted molar refractivity (Wildman–Crippen MR) is 66.6 cm³/mol. The van der Waals surface area contributed by atoms with E-state index in [1.54, 1.807) is 0 Å². The van der Waals surface area contributed by atoms with Gasteiger partial charge in [-0.25, -0.2) is 0 Å². The number of cyclic esters (lactones) is 1. The number of fused-ring (bicyclic) bond motifs is 10. The zero-order valence-electron chi connectivity index (χ0n) is 11.1. The molecule has 1 spiro atoms. The van der Waals surface area contributed by atoms with Crippen LogP contribution in [0.3, 0.4) is 0 Å². The zero-order valence-corrected chi connectivity index (χ0v) is 11.1. The molecule has 1 aliphatic heterocycles. The summed E-state index contributed by atoms with van der Waals surface area (Å²) in [5, 5.41) is 0. The van der Waals surface area contributed by atoms with Gasteiger partial charge in [0, 0.05) is 0 Å². The molecule has 2 heteroatoms. The van der Waals surface area contributed by atoms with Crippen LogP contribution in [0.2, 0.25) is 0 Å². The van der Waals surface area contributed by atoms with Crippen molar-refractivity contribution < 1.29 is 9.53 Å². The van der Waals surface area contributed by atoms with Crippen molar-refractivity contribution in [3.8, 4) is 0 Å². The number of ether oxygens (including phenoxy) is 1. The van der Waals surface area contributed by atoms with Crippen LogP contribution in [-0.2, 0) is 9.53 Å². The largest absolute Gasteiger partial charge is 0.465 e. The lowest BCUT2D eigenvalue weighted by Crippen LogP contribution is -2.43. The lowest BCUT2D eigenvalue weighted by molar-refractivity contribution is -0.151. The third-order valence-corrected chi connectivity index (χ3v) is 7.55. The summed E-state index contributed by atoms with van der Waals surface area (Å²) in [7, 11) is 0. The highest BCUT2D eigenvalue weighted by Gasteiger charge is 2.71. The van der Waals surface area contributed by atoms with Gasteiger partial charge in [0.2, 0.25) is 0 Å². The van der Waals surface area contributed by atoms with Crippen LogP contribution < -0.4 is 0 Å². The second-order valence-corrected chi connectivity index (χ2v) is 7.88. The molecule has 0 amide bonds. The maximum atomic E-state index is 12.2. The lowest BCUT2D eigenvalue weighted by Gasteiger charge is -2.43. The molecule has 0 aromatic rings. The van der Waals surface area contributed by atoms with Crippen LogP contribution in [0.25, 0.3) is 0 Å². The molecular formula is C16H22O2. The van der Waals surface area contributed by atoms with Gasteiger partial charge in [0.25, 0.3) is 0 Å². The fourth-order valence-electron chi connectivity index (χ4n) is 7.21. The van der Waals surface area contributed by atoms with E-state index < -0.39 is 0 Å². The van der Waals surface area contributed by atoms with Gasteiger partial charge < -0.3 is 4.74 Å². The van der Waals surface area contributed by atoms with Gasteiger partial charge in [0.15, 0.2) is 0 Å². The van der Waals surface area contributed by atoms with Gasteiger partial charge in [-0.2, -0.15) is 0 Å². The molecule has 4 aliphatic carbocycles. The Morgan fingerprint density at radius 2 is 2.06 bits per heavy atom. The third kappa shape index (κ3) is 0.916. The Kier molecular flexibility index (Phi) is 1.69. The van der Waals surface area contributed by atoms with Gasteiger partial charge in [-0.3, -0.25) is 4.79 Å². The van der Waals surface area contributed by atoms with Crippen LogP contribution in [0.15, 0.2) is 0 Å². The molecule has 18 heavy (non-hydrogen) atoms. The quantitative estimate of drug-likeness (QED) is 0.485. The summed E-state index contributed by atoms with van der Waals surface area (Å²) in [4.78, 5) is 12.2. The molecule has 5 fully saturated rings. The van der Waals surface area contributed by atoms with Crippen molar-refractivity contribution in [3.05, 3.63) is 0 Å². The molecule has 2 nitrogen and oxygen atoms in total. The summed E-state index contributed by atoms with van der Waals surface area (Å²) >= 11 is 0. The Hall–Kier alpha value is -0.530. The van der Waals surface area contributed by atoms with Crippen molar-refractivity contribution in [3.63, 3.8) is 0 Å². The Labute approximate surface area is 108 Å². The number of carbonyl (C=O) groups is 1. The van der Waals surface area contributed by atoms with Crippen molar-refractivity contribution in [2.75, 3.05) is 6.61 Å². The van der Waals surface area contributed by atoms with Crippen LogP contribution >= 0.6 is 0 Å². The summed E-state index contributed by atoms with van der Waals surface area (Å²) in [6, 6.07) is 0. The van der Waals surface area contributed by atoms with Crippen molar-refractivity contribution >= 4 is 5.97 Å². The van der Waals surface area contributed by atoms with Crippen LogP contribution in [0.1, 0.15) is 39.0 Å². The van der Waals surface area contributed by atoms with E-state index >= 15 is 0 Å². The van der Waals surface area contributed by atoms with E-state index in [0.29, 0.717) is 12.5 Å². The summed E-state index contributed by atoms with van der Waals surface area (Å²) in [5.41, 5.74) is -0.0143. The molecule has 0 radical (unpaired) electrons. The van der Waals surface area contributed by atoms with Crippen LogP contribution in [-0.4, -0.2) is 12.6 Å². The number of hydrogen-bond acceptors (Lipinski definition) is 2. The van der Waals surface area contributed by atoms with Crippen molar-refractivity contribution in [1.29, 1.82) is 0 Å². The second-order valence-electron chi connectivity index (χ2n) is 7.88. The highest BCUT2D eigenvalue weighted by Crippen LogP contribution is 2.74. The first-order valence-electron chi connectivity index (χ1n) is 7.88. The van der Waals surface area contributed by atoms with E-state index in [1.807, 2.05) is 0 Å². The molecule has 4 bridgehead atoms. The predicted octanol–water partition coefficient (Wildman–Crippen LogP) is 2.87. The maximum Gasteiger partial charge on any atom is 0.312 e. The summed E-state index contributed by atoms with van der Waals surface area (Å²) < 4.78 is 5.35. The van der Waals surface area contributed by atoms with Gasteiger partial charge in [-0.15, -0.1) is 0 Å². The number of rotatable bonds is 0. The first-order valence-corrected chi connectivity index (χ1v) is 7.88. The minimum absolute atomic E-state index is 0.0143. The fourth-order valence-corrected chi connectivity index (χ4v) is 7.21. The molecular weight excluding hydrogens is 224 g/mol. The average molecular weight is 246 g/mol. The van der Waals surface area contributed by atoms with Gasteiger partial charge in [0.05, 0.1) is 12.0 Å². The van der Waals surface area contributed by atoms with Gasteiger partial charge in [0.1, 0.15) is 0 Å². The average Bonchev–Trinajstić information content (AvgIpc) is 3.05. The third-order valence-electron chi connectivity index (χ3n) is 7.55. The van der Waals surface area contributed by atoms with Gasteiger partial charge >= 0.3 is 5.97 Å². The number of hydrogen-bond donors (Lipinski definition) is 0. The number of esters is 1. The molecule has 0 N–H and O–H groups in total. The van der Waals surface area contributed by atoms with Gasteiger partial charge in [-0.05, 0) is 73.5 Å². The van der Waals surface area contributed by atoms with E-state index in [1.165, 1.54) is 25.7 Å².